The first kappa shape index (κ1) is 16.1. The molecule has 0 aliphatic carbocycles. The lowest BCUT2D eigenvalue weighted by atomic mass is 10.1. The predicted molar refractivity (Wildman–Crippen MR) is 100 cm³/mol. The molecule has 2 aliphatic rings. The fraction of sp³-hybridized carbons (Fsp3) is 0.400. The van der Waals surface area contributed by atoms with E-state index in [9.17, 15) is 4.79 Å². The molecule has 25 heavy (non-hydrogen) atoms. The number of rotatable bonds is 3. The number of nitrogens with zero attached hydrogens (tertiary/aromatic N) is 3. The average molecular weight is 336 g/mol. The van der Waals surface area contributed by atoms with Gasteiger partial charge in [-0.1, -0.05) is 18.2 Å². The Morgan fingerprint density at radius 3 is 2.88 bits per heavy atom. The topological polar surface area (TPSA) is 48.5 Å². The second-order valence-corrected chi connectivity index (χ2v) is 6.81. The van der Waals surface area contributed by atoms with Crippen molar-refractivity contribution in [2.45, 2.75) is 25.3 Å². The van der Waals surface area contributed by atoms with Crippen molar-refractivity contribution in [3.8, 4) is 0 Å². The number of nitrogens with one attached hydrogen (secondary N) is 1. The highest BCUT2D eigenvalue weighted by atomic mass is 16.2. The maximum atomic E-state index is 12.9. The van der Waals surface area contributed by atoms with Crippen LogP contribution in [0.25, 0.3) is 0 Å². The van der Waals surface area contributed by atoms with Crippen LogP contribution >= 0.6 is 0 Å². The van der Waals surface area contributed by atoms with E-state index in [4.69, 9.17) is 0 Å². The van der Waals surface area contributed by atoms with E-state index in [0.29, 0.717) is 11.6 Å². The van der Waals surface area contributed by atoms with E-state index in [1.165, 1.54) is 18.4 Å². The summed E-state index contributed by atoms with van der Waals surface area (Å²) in [5.74, 6) is 0.995. The van der Waals surface area contributed by atoms with Crippen molar-refractivity contribution in [1.82, 2.24) is 10.3 Å². The number of amides is 1. The van der Waals surface area contributed by atoms with E-state index in [0.717, 1.165) is 37.6 Å². The van der Waals surface area contributed by atoms with Crippen molar-refractivity contribution < 1.29 is 4.79 Å². The zero-order valence-electron chi connectivity index (χ0n) is 14.6. The average Bonchev–Trinajstić information content (AvgIpc) is 3.12. The summed E-state index contributed by atoms with van der Waals surface area (Å²) in [5.41, 5.74) is 2.93. The standard InChI is InChI=1S/C20H24N4O/c1-21-17-6-4-11-23(14-17)19-9-8-16(13-22-19)20(25)24-12-10-15-5-2-3-7-18(15)24/h2-3,5,7-9,13,17,21H,4,6,10-12,14H2,1H3. The number of likely N-dealkylation sites (N-methyl/N-ethyl adjacent to an activating group) is 1. The number of benzene rings is 1. The van der Waals surface area contributed by atoms with Crippen molar-refractivity contribution in [1.29, 1.82) is 0 Å². The Kier molecular flexibility index (Phi) is 4.40. The highest BCUT2D eigenvalue weighted by molar-refractivity contribution is 6.07. The summed E-state index contributed by atoms with van der Waals surface area (Å²) in [4.78, 5) is 21.6. The highest BCUT2D eigenvalue weighted by Gasteiger charge is 2.26. The van der Waals surface area contributed by atoms with Crippen LogP contribution in [-0.4, -0.2) is 43.6 Å². The minimum atomic E-state index is 0.0377. The molecule has 5 nitrogen and oxygen atoms in total. The third-order valence-corrected chi connectivity index (χ3v) is 5.28. The summed E-state index contributed by atoms with van der Waals surface area (Å²) in [6.45, 7) is 2.74. The number of fused-ring (bicyclic) bond motifs is 1. The third kappa shape index (κ3) is 3.12. The minimum Gasteiger partial charge on any atom is -0.355 e. The van der Waals surface area contributed by atoms with Crippen LogP contribution < -0.4 is 15.1 Å². The number of aromatic nitrogens is 1. The first-order valence-corrected chi connectivity index (χ1v) is 9.04. The van der Waals surface area contributed by atoms with E-state index >= 15 is 0 Å². The van der Waals surface area contributed by atoms with Crippen molar-refractivity contribution in [3.05, 3.63) is 53.7 Å². The molecule has 0 radical (unpaired) electrons. The van der Waals surface area contributed by atoms with Crippen molar-refractivity contribution in [2.24, 2.45) is 0 Å². The first-order valence-electron chi connectivity index (χ1n) is 9.04. The monoisotopic (exact) mass is 336 g/mol. The molecule has 1 saturated heterocycles. The molecule has 0 saturated carbocycles. The van der Waals surface area contributed by atoms with Gasteiger partial charge >= 0.3 is 0 Å². The number of hydrogen-bond donors (Lipinski definition) is 1. The molecular weight excluding hydrogens is 312 g/mol. The zero-order valence-corrected chi connectivity index (χ0v) is 14.6. The Hall–Kier alpha value is -2.40. The number of anilines is 2. The molecular formula is C20H24N4O. The second kappa shape index (κ2) is 6.84. The smallest absolute Gasteiger partial charge is 0.259 e. The highest BCUT2D eigenvalue weighted by Crippen LogP contribution is 2.29. The Balaban J connectivity index is 1.50. The SMILES string of the molecule is CNC1CCCN(c2ccc(C(=O)N3CCc4ccccc43)cn2)C1. The minimum absolute atomic E-state index is 0.0377. The van der Waals surface area contributed by atoms with Gasteiger partial charge in [0.25, 0.3) is 5.91 Å². The van der Waals surface area contributed by atoms with Crippen LogP contribution in [0.1, 0.15) is 28.8 Å². The Labute approximate surface area is 148 Å². The van der Waals surface area contributed by atoms with E-state index in [1.807, 2.05) is 42.3 Å². The molecule has 5 heteroatoms. The van der Waals surface area contributed by atoms with Gasteiger partial charge < -0.3 is 15.1 Å². The van der Waals surface area contributed by atoms with Gasteiger partial charge in [-0.05, 0) is 50.1 Å². The van der Waals surface area contributed by atoms with Gasteiger partial charge in [0.2, 0.25) is 0 Å². The molecule has 1 unspecified atom stereocenters. The molecule has 1 N–H and O–H groups in total. The van der Waals surface area contributed by atoms with Crippen LogP contribution in [0.3, 0.4) is 0 Å². The molecule has 2 aromatic rings. The fourth-order valence-electron chi connectivity index (χ4n) is 3.83. The molecule has 0 spiro atoms. The van der Waals surface area contributed by atoms with E-state index in [2.05, 4.69) is 21.3 Å². The quantitative estimate of drug-likeness (QED) is 0.935. The maximum absolute atomic E-state index is 12.9. The molecule has 4 rings (SSSR count). The van der Waals surface area contributed by atoms with Crippen LogP contribution in [0.4, 0.5) is 11.5 Å². The number of carbonyl (C=O) groups is 1. The number of pyridine rings is 1. The van der Waals surface area contributed by atoms with Crippen molar-refractivity contribution >= 4 is 17.4 Å². The molecule has 0 bridgehead atoms. The molecule has 2 aliphatic heterocycles. The summed E-state index contributed by atoms with van der Waals surface area (Å²) >= 11 is 0. The normalized spacial score (nSPS) is 19.8. The van der Waals surface area contributed by atoms with Crippen LogP contribution in [0.15, 0.2) is 42.6 Å². The summed E-state index contributed by atoms with van der Waals surface area (Å²) in [7, 11) is 2.01. The van der Waals surface area contributed by atoms with Crippen LogP contribution in [0, 0.1) is 0 Å². The van der Waals surface area contributed by atoms with Gasteiger partial charge in [-0.25, -0.2) is 4.98 Å². The van der Waals surface area contributed by atoms with Crippen molar-refractivity contribution in [2.75, 3.05) is 36.5 Å². The summed E-state index contributed by atoms with van der Waals surface area (Å²) in [6.07, 6.45) is 5.02. The fourth-order valence-corrected chi connectivity index (χ4v) is 3.83. The zero-order chi connectivity index (χ0) is 17.2. The Morgan fingerprint density at radius 2 is 2.08 bits per heavy atom. The lowest BCUT2D eigenvalue weighted by Gasteiger charge is -2.33. The summed E-state index contributed by atoms with van der Waals surface area (Å²) < 4.78 is 0. The number of piperidine rings is 1. The van der Waals surface area contributed by atoms with Crippen LogP contribution in [-0.2, 0) is 6.42 Å². The Bertz CT molecular complexity index is 759. The number of para-hydroxylation sites is 1. The van der Waals surface area contributed by atoms with Gasteiger partial charge in [0.05, 0.1) is 5.56 Å². The van der Waals surface area contributed by atoms with Crippen molar-refractivity contribution in [3.63, 3.8) is 0 Å². The Morgan fingerprint density at radius 1 is 1.20 bits per heavy atom. The molecule has 1 fully saturated rings. The largest absolute Gasteiger partial charge is 0.355 e. The molecule has 3 heterocycles. The number of carbonyl (C=O) groups excluding carboxylic acids is 1. The summed E-state index contributed by atoms with van der Waals surface area (Å²) in [6, 6.07) is 12.5. The molecule has 1 amide bonds. The molecule has 1 aromatic carbocycles. The first-order chi connectivity index (χ1) is 12.3. The van der Waals surface area contributed by atoms with Crippen LogP contribution in [0.5, 0.6) is 0 Å². The lowest BCUT2D eigenvalue weighted by Crippen LogP contribution is -2.44. The predicted octanol–water partition coefficient (Wildman–Crippen LogP) is 2.47. The van der Waals surface area contributed by atoms with Gasteiger partial charge in [-0.2, -0.15) is 0 Å². The van der Waals surface area contributed by atoms with Gasteiger partial charge in [-0.15, -0.1) is 0 Å². The van der Waals surface area contributed by atoms with E-state index < -0.39 is 0 Å². The van der Waals surface area contributed by atoms with Gasteiger partial charge in [0, 0.05) is 37.6 Å². The second-order valence-electron chi connectivity index (χ2n) is 6.81. The number of hydrogen-bond acceptors (Lipinski definition) is 4. The molecule has 1 aromatic heterocycles. The maximum Gasteiger partial charge on any atom is 0.259 e. The molecule has 1 atom stereocenters. The lowest BCUT2D eigenvalue weighted by molar-refractivity contribution is 0.0989. The van der Waals surface area contributed by atoms with Gasteiger partial charge in [-0.3, -0.25) is 4.79 Å². The van der Waals surface area contributed by atoms with Crippen LogP contribution in [0.2, 0.25) is 0 Å². The third-order valence-electron chi connectivity index (χ3n) is 5.28. The summed E-state index contributed by atoms with van der Waals surface area (Å²) in [5, 5.41) is 3.35. The van der Waals surface area contributed by atoms with Gasteiger partial charge in [0.1, 0.15) is 5.82 Å². The van der Waals surface area contributed by atoms with E-state index in [-0.39, 0.29) is 5.91 Å². The van der Waals surface area contributed by atoms with Gasteiger partial charge in [0.15, 0.2) is 0 Å². The molecule has 130 valence electrons. The van der Waals surface area contributed by atoms with E-state index in [1.54, 1.807) is 6.20 Å².